The Morgan fingerprint density at radius 2 is 0.807 bits per heavy atom. The summed E-state index contributed by atoms with van der Waals surface area (Å²) in [5.74, 6) is 1.37. The minimum absolute atomic E-state index is 0.591. The molecule has 0 aliphatic rings. The van der Waals surface area contributed by atoms with Gasteiger partial charge in [-0.15, -0.1) is 0 Å². The van der Waals surface area contributed by atoms with Gasteiger partial charge in [-0.25, -0.2) is 0 Å². The van der Waals surface area contributed by atoms with Crippen molar-refractivity contribution in [2.75, 3.05) is 11.9 Å². The molecule has 0 saturated carbocycles. The predicted octanol–water partition coefficient (Wildman–Crippen LogP) is 14.4. The molecule has 0 unspecified atom stereocenters. The summed E-state index contributed by atoms with van der Waals surface area (Å²) in [4.78, 5) is 6.81. The molecular weight excluding hydrogens is 693 g/mol. The fraction of sp³-hybridized carbons (Fsp3) is 0.0185. The van der Waals surface area contributed by atoms with Crippen molar-refractivity contribution in [3.63, 3.8) is 0 Å². The maximum absolute atomic E-state index is 6.41. The van der Waals surface area contributed by atoms with E-state index >= 15 is 0 Å². The standard InChI is InChI=1S/C54H40N2O/c1-55-54(45-19-9-4-10-20-45)57-53-26-14-23-50-48(22-13-24-51(50)53)44-29-27-40(28-30-44)42-33-37-47(38-34-42)56(46-35-31-41(32-36-46)39-15-5-2-6-16-39)52-25-12-11-21-49(52)43-17-7-3-8-18-43/h2-38H,1H3. The van der Waals surface area contributed by atoms with Crippen LogP contribution in [-0.2, 0) is 0 Å². The first kappa shape index (κ1) is 35.2. The van der Waals surface area contributed by atoms with Gasteiger partial charge in [0.05, 0.1) is 5.69 Å². The van der Waals surface area contributed by atoms with Gasteiger partial charge in [-0.05, 0) is 92.9 Å². The van der Waals surface area contributed by atoms with Gasteiger partial charge in [0, 0.05) is 34.9 Å². The molecule has 0 fully saturated rings. The first-order valence-corrected chi connectivity index (χ1v) is 19.3. The molecule has 9 aromatic rings. The van der Waals surface area contributed by atoms with Crippen LogP contribution in [0.2, 0.25) is 0 Å². The highest BCUT2D eigenvalue weighted by Gasteiger charge is 2.18. The Bertz CT molecular complexity index is 2780. The Balaban J connectivity index is 1.03. The number of nitrogens with zero attached hydrogens (tertiary/aromatic N) is 2. The van der Waals surface area contributed by atoms with E-state index in [4.69, 9.17) is 4.74 Å². The monoisotopic (exact) mass is 732 g/mol. The van der Waals surface area contributed by atoms with Crippen LogP contribution in [0.25, 0.3) is 55.3 Å². The maximum atomic E-state index is 6.41. The molecule has 0 spiro atoms. The number of hydrogen-bond donors (Lipinski definition) is 0. The molecule has 0 aliphatic carbocycles. The number of para-hydroxylation sites is 1. The van der Waals surface area contributed by atoms with Crippen molar-refractivity contribution in [1.29, 1.82) is 0 Å². The fourth-order valence-electron chi connectivity index (χ4n) is 7.58. The van der Waals surface area contributed by atoms with Gasteiger partial charge in [0.1, 0.15) is 5.75 Å². The second kappa shape index (κ2) is 16.1. The second-order valence-corrected chi connectivity index (χ2v) is 13.9. The van der Waals surface area contributed by atoms with Crippen molar-refractivity contribution >= 4 is 33.7 Å². The predicted molar refractivity (Wildman–Crippen MR) is 240 cm³/mol. The van der Waals surface area contributed by atoms with Crippen molar-refractivity contribution in [2.45, 2.75) is 0 Å². The third kappa shape index (κ3) is 7.35. The van der Waals surface area contributed by atoms with Crippen LogP contribution >= 0.6 is 0 Å². The average Bonchev–Trinajstić information content (AvgIpc) is 3.30. The van der Waals surface area contributed by atoms with E-state index in [1.165, 1.54) is 22.3 Å². The van der Waals surface area contributed by atoms with Crippen LogP contribution in [-0.4, -0.2) is 12.9 Å². The normalized spacial score (nSPS) is 11.4. The summed E-state index contributed by atoms with van der Waals surface area (Å²) >= 11 is 0. The first-order valence-electron chi connectivity index (χ1n) is 19.3. The smallest absolute Gasteiger partial charge is 0.221 e. The van der Waals surface area contributed by atoms with E-state index < -0.39 is 0 Å². The Morgan fingerprint density at radius 1 is 0.368 bits per heavy atom. The number of hydrogen-bond acceptors (Lipinski definition) is 3. The summed E-state index contributed by atoms with van der Waals surface area (Å²) in [6.45, 7) is 0. The van der Waals surface area contributed by atoms with Gasteiger partial charge in [-0.3, -0.25) is 4.99 Å². The number of rotatable bonds is 9. The van der Waals surface area contributed by atoms with E-state index in [0.717, 1.165) is 61.4 Å². The molecule has 0 aromatic heterocycles. The lowest BCUT2D eigenvalue weighted by atomic mass is 9.95. The Hall–Kier alpha value is -7.49. The van der Waals surface area contributed by atoms with Crippen molar-refractivity contribution in [3.8, 4) is 50.3 Å². The van der Waals surface area contributed by atoms with Crippen molar-refractivity contribution in [1.82, 2.24) is 0 Å². The molecule has 0 N–H and O–H groups in total. The van der Waals surface area contributed by atoms with Crippen LogP contribution in [0.15, 0.2) is 229 Å². The number of fused-ring (bicyclic) bond motifs is 1. The van der Waals surface area contributed by atoms with E-state index in [-0.39, 0.29) is 0 Å². The summed E-state index contributed by atoms with van der Waals surface area (Å²) in [7, 11) is 1.76. The molecule has 0 amide bonds. The zero-order chi connectivity index (χ0) is 38.4. The SMILES string of the molecule is CN=C(Oc1cccc2c(-c3ccc(-c4ccc(N(c5ccc(-c6ccccc6)cc5)c5ccccc5-c5ccccc5)cc4)cc3)cccc12)c1ccccc1. The van der Waals surface area contributed by atoms with Crippen molar-refractivity contribution in [3.05, 3.63) is 230 Å². The largest absolute Gasteiger partial charge is 0.438 e. The Labute approximate surface area is 334 Å². The van der Waals surface area contributed by atoms with Crippen LogP contribution < -0.4 is 9.64 Å². The maximum Gasteiger partial charge on any atom is 0.221 e. The number of aliphatic imine (C=N–C) groups is 1. The summed E-state index contributed by atoms with van der Waals surface area (Å²) < 4.78 is 6.41. The number of benzene rings is 9. The van der Waals surface area contributed by atoms with Gasteiger partial charge in [0.25, 0.3) is 0 Å². The van der Waals surface area contributed by atoms with Gasteiger partial charge >= 0.3 is 0 Å². The van der Waals surface area contributed by atoms with E-state index in [2.05, 4.69) is 198 Å². The van der Waals surface area contributed by atoms with Crippen LogP contribution in [0.4, 0.5) is 17.1 Å². The highest BCUT2D eigenvalue weighted by atomic mass is 16.5. The molecule has 9 rings (SSSR count). The topological polar surface area (TPSA) is 24.8 Å². The van der Waals surface area contributed by atoms with E-state index in [1.807, 2.05) is 36.4 Å². The third-order valence-corrected chi connectivity index (χ3v) is 10.4. The molecule has 0 atom stereocenters. The van der Waals surface area contributed by atoms with Gasteiger partial charge in [0.15, 0.2) is 0 Å². The molecule has 3 nitrogen and oxygen atoms in total. The molecule has 272 valence electrons. The number of anilines is 3. The van der Waals surface area contributed by atoms with E-state index in [0.29, 0.717) is 5.90 Å². The second-order valence-electron chi connectivity index (χ2n) is 13.9. The molecule has 57 heavy (non-hydrogen) atoms. The van der Waals surface area contributed by atoms with Crippen LogP contribution in [0, 0.1) is 0 Å². The van der Waals surface area contributed by atoms with E-state index in [1.54, 1.807) is 7.05 Å². The molecule has 0 saturated heterocycles. The third-order valence-electron chi connectivity index (χ3n) is 10.4. The zero-order valence-electron chi connectivity index (χ0n) is 31.7. The van der Waals surface area contributed by atoms with Crippen LogP contribution in [0.5, 0.6) is 5.75 Å². The lowest BCUT2D eigenvalue weighted by molar-refractivity contribution is 0.558. The Morgan fingerprint density at radius 3 is 1.42 bits per heavy atom. The molecule has 0 radical (unpaired) electrons. The molecule has 0 aliphatic heterocycles. The fourth-order valence-corrected chi connectivity index (χ4v) is 7.58. The summed E-state index contributed by atoms with van der Waals surface area (Å²) in [5, 5.41) is 2.17. The molecule has 0 bridgehead atoms. The minimum atomic E-state index is 0.591. The number of ether oxygens (including phenoxy) is 1. The van der Waals surface area contributed by atoms with Crippen LogP contribution in [0.1, 0.15) is 5.56 Å². The molecule has 0 heterocycles. The zero-order valence-corrected chi connectivity index (χ0v) is 31.7. The van der Waals surface area contributed by atoms with Gasteiger partial charge < -0.3 is 9.64 Å². The first-order chi connectivity index (χ1) is 28.2. The van der Waals surface area contributed by atoms with Gasteiger partial charge in [-0.1, -0.05) is 176 Å². The average molecular weight is 733 g/mol. The molecular formula is C54H40N2O. The highest BCUT2D eigenvalue weighted by molar-refractivity contribution is 6.03. The summed E-state index contributed by atoms with van der Waals surface area (Å²) in [6, 6.07) is 79.0. The van der Waals surface area contributed by atoms with Gasteiger partial charge in [-0.2, -0.15) is 0 Å². The van der Waals surface area contributed by atoms with Crippen molar-refractivity contribution < 1.29 is 4.74 Å². The molecule has 3 heteroatoms. The van der Waals surface area contributed by atoms with Gasteiger partial charge in [0.2, 0.25) is 5.90 Å². The lowest BCUT2D eigenvalue weighted by Crippen LogP contribution is -2.11. The van der Waals surface area contributed by atoms with Crippen molar-refractivity contribution in [2.24, 2.45) is 4.99 Å². The lowest BCUT2D eigenvalue weighted by Gasteiger charge is -2.28. The van der Waals surface area contributed by atoms with E-state index in [9.17, 15) is 0 Å². The minimum Gasteiger partial charge on any atom is -0.438 e. The van der Waals surface area contributed by atoms with Crippen LogP contribution in [0.3, 0.4) is 0 Å². The summed E-state index contributed by atoms with van der Waals surface area (Å²) in [6.07, 6.45) is 0. The quantitative estimate of drug-likeness (QED) is 0.109. The summed E-state index contributed by atoms with van der Waals surface area (Å²) in [5.41, 5.74) is 13.6. The Kier molecular flexibility index (Phi) is 9.94. The molecule has 9 aromatic carbocycles. The highest BCUT2D eigenvalue weighted by Crippen LogP contribution is 2.42.